The Labute approximate surface area is 125 Å². The lowest BCUT2D eigenvalue weighted by Gasteiger charge is -2.31. The molecule has 21 heavy (non-hydrogen) atoms. The Kier molecular flexibility index (Phi) is 6.25. The van der Waals surface area contributed by atoms with Crippen molar-refractivity contribution in [2.45, 2.75) is 19.3 Å². The van der Waals surface area contributed by atoms with E-state index < -0.39 is 11.9 Å². The molecule has 2 heterocycles. The molecule has 0 aromatic heterocycles. The molecule has 0 saturated carbocycles. The first-order valence-electron chi connectivity index (χ1n) is 7.85. The van der Waals surface area contributed by atoms with Gasteiger partial charge in [0.2, 0.25) is 0 Å². The Bertz CT molecular complexity index is 358. The third kappa shape index (κ3) is 5.17. The molecule has 0 unspecified atom stereocenters. The summed E-state index contributed by atoms with van der Waals surface area (Å²) in [6.45, 7) is 6.86. The van der Waals surface area contributed by atoms with Crippen LogP contribution in [0.1, 0.15) is 19.3 Å². The second kappa shape index (κ2) is 8.19. The van der Waals surface area contributed by atoms with Crippen LogP contribution in [0.25, 0.3) is 0 Å². The Morgan fingerprint density at radius 2 is 2.00 bits per heavy atom. The van der Waals surface area contributed by atoms with Crippen LogP contribution < -0.4 is 10.6 Å². The predicted octanol–water partition coefficient (Wildman–Crippen LogP) is -0.212. The first-order chi connectivity index (χ1) is 10.2. The van der Waals surface area contributed by atoms with E-state index in [0.29, 0.717) is 26.1 Å². The Morgan fingerprint density at radius 1 is 1.24 bits per heavy atom. The molecular weight excluding hydrogens is 272 g/mol. The van der Waals surface area contributed by atoms with E-state index in [0.717, 1.165) is 45.6 Å². The SMILES string of the molecule is O=C(O)[C@H]1CCCN(C(=O)NCCCN2CCNCC2)C1. The van der Waals surface area contributed by atoms with Gasteiger partial charge in [-0.15, -0.1) is 0 Å². The molecule has 2 rings (SSSR count). The van der Waals surface area contributed by atoms with Gasteiger partial charge in [0, 0.05) is 45.8 Å². The van der Waals surface area contributed by atoms with Crippen LogP contribution in [0.15, 0.2) is 0 Å². The van der Waals surface area contributed by atoms with Crippen LogP contribution in [0, 0.1) is 5.92 Å². The number of piperidine rings is 1. The summed E-state index contributed by atoms with van der Waals surface area (Å²) in [5.74, 6) is -1.21. The van der Waals surface area contributed by atoms with Crippen LogP contribution in [0.5, 0.6) is 0 Å². The van der Waals surface area contributed by atoms with Crippen LogP contribution in [0.3, 0.4) is 0 Å². The number of hydrogen-bond donors (Lipinski definition) is 3. The number of carbonyl (C=O) groups is 2. The number of likely N-dealkylation sites (tertiary alicyclic amines) is 1. The first kappa shape index (κ1) is 16.0. The van der Waals surface area contributed by atoms with E-state index in [2.05, 4.69) is 15.5 Å². The summed E-state index contributed by atoms with van der Waals surface area (Å²) >= 11 is 0. The van der Waals surface area contributed by atoms with Crippen molar-refractivity contribution in [3.05, 3.63) is 0 Å². The standard InChI is InChI=1S/C14H26N4O3/c19-13(20)12-3-1-8-18(11-12)14(21)16-4-2-7-17-9-5-15-6-10-17/h12,15H,1-11H2,(H,16,21)(H,19,20)/t12-/m0/s1. The van der Waals surface area contributed by atoms with Crippen molar-refractivity contribution in [2.24, 2.45) is 5.92 Å². The van der Waals surface area contributed by atoms with Gasteiger partial charge in [-0.05, 0) is 25.8 Å². The Morgan fingerprint density at radius 3 is 2.71 bits per heavy atom. The molecule has 3 N–H and O–H groups in total. The molecule has 0 spiro atoms. The number of aliphatic carboxylic acids is 1. The van der Waals surface area contributed by atoms with Crippen molar-refractivity contribution in [2.75, 3.05) is 52.4 Å². The fourth-order valence-corrected chi connectivity index (χ4v) is 2.91. The van der Waals surface area contributed by atoms with Crippen molar-refractivity contribution in [3.63, 3.8) is 0 Å². The highest BCUT2D eigenvalue weighted by atomic mass is 16.4. The molecule has 0 aromatic rings. The van der Waals surface area contributed by atoms with Gasteiger partial charge >= 0.3 is 12.0 Å². The maximum atomic E-state index is 12.0. The fraction of sp³-hybridized carbons (Fsp3) is 0.857. The largest absolute Gasteiger partial charge is 0.481 e. The number of carboxylic acid groups (broad SMARTS) is 1. The highest BCUT2D eigenvalue weighted by molar-refractivity contribution is 5.76. The number of rotatable bonds is 5. The van der Waals surface area contributed by atoms with E-state index in [1.165, 1.54) is 0 Å². The van der Waals surface area contributed by atoms with Crippen LogP contribution in [0.2, 0.25) is 0 Å². The van der Waals surface area contributed by atoms with Crippen molar-refractivity contribution < 1.29 is 14.7 Å². The van der Waals surface area contributed by atoms with Crippen molar-refractivity contribution >= 4 is 12.0 Å². The third-order valence-electron chi connectivity index (χ3n) is 4.19. The topological polar surface area (TPSA) is 84.9 Å². The average Bonchev–Trinajstić information content (AvgIpc) is 2.52. The monoisotopic (exact) mass is 298 g/mol. The van der Waals surface area contributed by atoms with Gasteiger partial charge in [-0.3, -0.25) is 4.79 Å². The van der Waals surface area contributed by atoms with Gasteiger partial charge < -0.3 is 25.5 Å². The summed E-state index contributed by atoms with van der Waals surface area (Å²) in [6.07, 6.45) is 2.37. The molecule has 2 aliphatic heterocycles. The Balaban J connectivity index is 1.61. The second-order valence-corrected chi connectivity index (χ2v) is 5.80. The summed E-state index contributed by atoms with van der Waals surface area (Å²) in [5.41, 5.74) is 0. The molecule has 2 aliphatic rings. The molecule has 0 aromatic carbocycles. The zero-order valence-corrected chi connectivity index (χ0v) is 12.5. The molecule has 2 saturated heterocycles. The molecule has 0 aliphatic carbocycles. The van der Waals surface area contributed by atoms with Gasteiger partial charge in [-0.1, -0.05) is 0 Å². The van der Waals surface area contributed by atoms with E-state index in [4.69, 9.17) is 5.11 Å². The van der Waals surface area contributed by atoms with Gasteiger partial charge in [0.25, 0.3) is 0 Å². The number of hydrogen-bond acceptors (Lipinski definition) is 4. The molecule has 1 atom stereocenters. The van der Waals surface area contributed by atoms with Crippen LogP contribution in [-0.2, 0) is 4.79 Å². The van der Waals surface area contributed by atoms with Gasteiger partial charge in [-0.2, -0.15) is 0 Å². The van der Waals surface area contributed by atoms with Gasteiger partial charge in [0.05, 0.1) is 5.92 Å². The van der Waals surface area contributed by atoms with E-state index in [1.807, 2.05) is 0 Å². The maximum absolute atomic E-state index is 12.0. The number of carboxylic acids is 1. The predicted molar refractivity (Wildman–Crippen MR) is 79.3 cm³/mol. The molecule has 0 radical (unpaired) electrons. The lowest BCUT2D eigenvalue weighted by molar-refractivity contribution is -0.143. The minimum Gasteiger partial charge on any atom is -0.481 e. The average molecular weight is 298 g/mol. The van der Waals surface area contributed by atoms with E-state index in [1.54, 1.807) is 4.90 Å². The highest BCUT2D eigenvalue weighted by Crippen LogP contribution is 2.16. The minimum atomic E-state index is -0.800. The molecular formula is C14H26N4O3. The lowest BCUT2D eigenvalue weighted by atomic mass is 9.99. The normalized spacial score (nSPS) is 23.8. The van der Waals surface area contributed by atoms with Crippen LogP contribution >= 0.6 is 0 Å². The van der Waals surface area contributed by atoms with Crippen LogP contribution in [0.4, 0.5) is 4.79 Å². The number of piperazine rings is 1. The fourth-order valence-electron chi connectivity index (χ4n) is 2.91. The summed E-state index contributed by atoms with van der Waals surface area (Å²) in [7, 11) is 0. The molecule has 2 amide bonds. The van der Waals surface area contributed by atoms with E-state index in [9.17, 15) is 9.59 Å². The van der Waals surface area contributed by atoms with E-state index in [-0.39, 0.29) is 6.03 Å². The first-order valence-corrected chi connectivity index (χ1v) is 7.85. The number of nitrogens with zero attached hydrogens (tertiary/aromatic N) is 2. The molecule has 2 fully saturated rings. The summed E-state index contributed by atoms with van der Waals surface area (Å²) in [4.78, 5) is 27.0. The second-order valence-electron chi connectivity index (χ2n) is 5.80. The smallest absolute Gasteiger partial charge is 0.317 e. The van der Waals surface area contributed by atoms with E-state index >= 15 is 0 Å². The van der Waals surface area contributed by atoms with Crippen LogP contribution in [-0.4, -0.2) is 79.3 Å². The van der Waals surface area contributed by atoms with Gasteiger partial charge in [-0.25, -0.2) is 4.79 Å². The quantitative estimate of drug-likeness (QED) is 0.612. The molecule has 7 heteroatoms. The zero-order chi connectivity index (χ0) is 15.1. The third-order valence-corrected chi connectivity index (χ3v) is 4.19. The van der Waals surface area contributed by atoms with Crippen molar-refractivity contribution in [1.29, 1.82) is 0 Å². The molecule has 120 valence electrons. The number of carbonyl (C=O) groups excluding carboxylic acids is 1. The summed E-state index contributed by atoms with van der Waals surface area (Å²) in [5, 5.41) is 15.2. The summed E-state index contributed by atoms with van der Waals surface area (Å²) in [6, 6.07) is -0.124. The number of amides is 2. The van der Waals surface area contributed by atoms with Crippen molar-refractivity contribution in [1.82, 2.24) is 20.4 Å². The Hall–Kier alpha value is -1.34. The van der Waals surface area contributed by atoms with Crippen molar-refractivity contribution in [3.8, 4) is 0 Å². The molecule has 0 bridgehead atoms. The summed E-state index contributed by atoms with van der Waals surface area (Å²) < 4.78 is 0. The van der Waals surface area contributed by atoms with Gasteiger partial charge in [0.1, 0.15) is 0 Å². The number of urea groups is 1. The molecule has 7 nitrogen and oxygen atoms in total. The highest BCUT2D eigenvalue weighted by Gasteiger charge is 2.27. The minimum absolute atomic E-state index is 0.124. The maximum Gasteiger partial charge on any atom is 0.317 e. The number of nitrogens with one attached hydrogen (secondary N) is 2. The van der Waals surface area contributed by atoms with Gasteiger partial charge in [0.15, 0.2) is 0 Å². The zero-order valence-electron chi connectivity index (χ0n) is 12.5. The lowest BCUT2D eigenvalue weighted by Crippen LogP contribution is -2.48.